The van der Waals surface area contributed by atoms with Crippen LogP contribution < -0.4 is 0 Å². The molecular weight excluding hydrogens is 184 g/mol. The summed E-state index contributed by atoms with van der Waals surface area (Å²) in [6.07, 6.45) is 7.02. The predicted octanol–water partition coefficient (Wildman–Crippen LogP) is 3.09. The van der Waals surface area contributed by atoms with Gasteiger partial charge in [0.2, 0.25) is 0 Å². The fraction of sp³-hybridized carbons (Fsp3) is 0.385. The van der Waals surface area contributed by atoms with E-state index in [1.54, 1.807) is 0 Å². The third-order valence-electron chi connectivity index (χ3n) is 3.63. The van der Waals surface area contributed by atoms with E-state index in [1.165, 1.54) is 31.2 Å². The zero-order chi connectivity index (χ0) is 10.3. The Morgan fingerprint density at radius 3 is 2.80 bits per heavy atom. The lowest BCUT2D eigenvalue weighted by Gasteiger charge is -2.20. The van der Waals surface area contributed by atoms with E-state index < -0.39 is 0 Å². The summed E-state index contributed by atoms with van der Waals surface area (Å²) < 4.78 is 0. The van der Waals surface area contributed by atoms with Gasteiger partial charge in [-0.2, -0.15) is 5.26 Å². The zero-order valence-electron chi connectivity index (χ0n) is 8.53. The number of fused-ring (bicyclic) bond motifs is 2. The second kappa shape index (κ2) is 2.93. The molecule has 0 N–H and O–H groups in total. The highest BCUT2D eigenvalue weighted by molar-refractivity contribution is 5.87. The summed E-state index contributed by atoms with van der Waals surface area (Å²) in [6, 6.07) is 8.18. The van der Waals surface area contributed by atoms with Gasteiger partial charge < -0.3 is 0 Å². The van der Waals surface area contributed by atoms with Gasteiger partial charge in [-0.15, -0.1) is 0 Å². The Morgan fingerprint density at radius 1 is 1.27 bits per heavy atom. The average Bonchev–Trinajstić information content (AvgIpc) is 2.89. The third kappa shape index (κ3) is 1.07. The Labute approximate surface area is 89.3 Å². The molecule has 1 fully saturated rings. The summed E-state index contributed by atoms with van der Waals surface area (Å²) in [5.74, 6) is 0. The van der Waals surface area contributed by atoms with Crippen LogP contribution in [0.25, 0.3) is 0 Å². The number of rotatable bonds is 0. The van der Waals surface area contributed by atoms with Crippen LogP contribution >= 0.6 is 0 Å². The van der Waals surface area contributed by atoms with Crippen molar-refractivity contribution >= 4 is 11.9 Å². The van der Waals surface area contributed by atoms with Gasteiger partial charge in [0.05, 0.1) is 11.3 Å². The van der Waals surface area contributed by atoms with Crippen LogP contribution in [0, 0.1) is 11.3 Å². The van der Waals surface area contributed by atoms with Gasteiger partial charge in [0.25, 0.3) is 0 Å². The van der Waals surface area contributed by atoms with E-state index in [0.29, 0.717) is 5.56 Å². The Bertz CT molecular complexity index is 474. The monoisotopic (exact) mass is 196 g/mol. The second-order valence-electron chi connectivity index (χ2n) is 4.43. The van der Waals surface area contributed by atoms with Crippen molar-refractivity contribution in [1.82, 2.24) is 0 Å². The number of benzene rings is 1. The molecule has 2 heteroatoms. The van der Waals surface area contributed by atoms with Gasteiger partial charge in [-0.05, 0) is 24.5 Å². The highest BCUT2D eigenvalue weighted by Crippen LogP contribution is 2.48. The molecule has 0 bridgehead atoms. The van der Waals surface area contributed by atoms with E-state index in [9.17, 15) is 0 Å². The fourth-order valence-corrected chi connectivity index (χ4v) is 2.84. The van der Waals surface area contributed by atoms with Gasteiger partial charge in [0, 0.05) is 11.6 Å². The van der Waals surface area contributed by atoms with Crippen LogP contribution in [0.2, 0.25) is 0 Å². The maximum atomic E-state index is 9.01. The average molecular weight is 196 g/mol. The number of aliphatic imine (C=N–C) groups is 1. The summed E-state index contributed by atoms with van der Waals surface area (Å²) in [7, 11) is 0. The van der Waals surface area contributed by atoms with Gasteiger partial charge in [-0.1, -0.05) is 25.0 Å². The molecule has 1 aromatic carbocycles. The molecule has 15 heavy (non-hydrogen) atoms. The SMILES string of the molecule is N#Cc1cccc2c1N=CC21CCCC1. The number of nitriles is 1. The van der Waals surface area contributed by atoms with Crippen LogP contribution in [0.4, 0.5) is 5.69 Å². The molecule has 0 atom stereocenters. The number of nitrogens with zero attached hydrogens (tertiary/aromatic N) is 2. The molecule has 1 aliphatic carbocycles. The predicted molar refractivity (Wildman–Crippen MR) is 59.5 cm³/mol. The van der Waals surface area contributed by atoms with E-state index >= 15 is 0 Å². The number of hydrogen-bond acceptors (Lipinski definition) is 2. The van der Waals surface area contributed by atoms with E-state index in [0.717, 1.165) is 5.69 Å². The van der Waals surface area contributed by atoms with Gasteiger partial charge in [-0.3, -0.25) is 4.99 Å². The molecule has 1 saturated carbocycles. The first kappa shape index (κ1) is 8.67. The summed E-state index contributed by atoms with van der Waals surface area (Å²) >= 11 is 0. The van der Waals surface area contributed by atoms with Crippen LogP contribution in [-0.4, -0.2) is 6.21 Å². The lowest BCUT2D eigenvalue weighted by atomic mass is 9.80. The highest BCUT2D eigenvalue weighted by atomic mass is 14.8. The molecule has 0 amide bonds. The molecule has 2 nitrogen and oxygen atoms in total. The van der Waals surface area contributed by atoms with Crippen LogP contribution in [-0.2, 0) is 5.41 Å². The molecule has 0 aromatic heterocycles. The van der Waals surface area contributed by atoms with Crippen LogP contribution in [0.15, 0.2) is 23.2 Å². The standard InChI is InChI=1S/C13H12N2/c14-8-10-4-3-5-11-12(10)15-9-13(11)6-1-2-7-13/h3-5,9H,1-2,6-7H2. The molecule has 74 valence electrons. The zero-order valence-corrected chi connectivity index (χ0v) is 8.53. The molecule has 3 rings (SSSR count). The van der Waals surface area contributed by atoms with Crippen molar-refractivity contribution in [2.75, 3.05) is 0 Å². The Balaban J connectivity index is 2.20. The van der Waals surface area contributed by atoms with Crippen molar-refractivity contribution in [2.24, 2.45) is 4.99 Å². The van der Waals surface area contributed by atoms with Crippen molar-refractivity contribution in [1.29, 1.82) is 5.26 Å². The van der Waals surface area contributed by atoms with Gasteiger partial charge in [0.15, 0.2) is 0 Å². The largest absolute Gasteiger partial charge is 0.259 e. The quantitative estimate of drug-likeness (QED) is 0.628. The molecule has 0 unspecified atom stereocenters. The minimum Gasteiger partial charge on any atom is -0.259 e. The van der Waals surface area contributed by atoms with Gasteiger partial charge in [-0.25, -0.2) is 0 Å². The van der Waals surface area contributed by atoms with Crippen molar-refractivity contribution in [3.8, 4) is 6.07 Å². The summed E-state index contributed by atoms with van der Waals surface area (Å²) in [5.41, 5.74) is 3.08. The van der Waals surface area contributed by atoms with Crippen molar-refractivity contribution in [3.05, 3.63) is 29.3 Å². The Hall–Kier alpha value is -1.62. The van der Waals surface area contributed by atoms with Crippen molar-refractivity contribution < 1.29 is 0 Å². The summed E-state index contributed by atoms with van der Waals surface area (Å²) in [6.45, 7) is 0. The minimum atomic E-state index is 0.169. The number of para-hydroxylation sites is 1. The molecule has 2 aliphatic rings. The number of hydrogen-bond donors (Lipinski definition) is 0. The first-order chi connectivity index (χ1) is 7.36. The Kier molecular flexibility index (Phi) is 1.70. The second-order valence-corrected chi connectivity index (χ2v) is 4.43. The smallest absolute Gasteiger partial charge is 0.101 e. The summed E-state index contributed by atoms with van der Waals surface area (Å²) in [4.78, 5) is 4.46. The maximum Gasteiger partial charge on any atom is 0.101 e. The van der Waals surface area contributed by atoms with Crippen molar-refractivity contribution in [2.45, 2.75) is 31.1 Å². The fourth-order valence-electron chi connectivity index (χ4n) is 2.84. The minimum absolute atomic E-state index is 0.169. The van der Waals surface area contributed by atoms with Crippen LogP contribution in [0.5, 0.6) is 0 Å². The van der Waals surface area contributed by atoms with E-state index in [-0.39, 0.29) is 5.41 Å². The Morgan fingerprint density at radius 2 is 2.07 bits per heavy atom. The molecule has 1 aromatic rings. The van der Waals surface area contributed by atoms with E-state index in [4.69, 9.17) is 5.26 Å². The normalized spacial score (nSPS) is 20.5. The van der Waals surface area contributed by atoms with Crippen LogP contribution in [0.3, 0.4) is 0 Å². The third-order valence-corrected chi connectivity index (χ3v) is 3.63. The molecule has 0 radical (unpaired) electrons. The van der Waals surface area contributed by atoms with Crippen molar-refractivity contribution in [3.63, 3.8) is 0 Å². The topological polar surface area (TPSA) is 36.1 Å². The lowest BCUT2D eigenvalue weighted by molar-refractivity contribution is 0.625. The van der Waals surface area contributed by atoms with E-state index in [2.05, 4.69) is 23.3 Å². The molecule has 1 aliphatic heterocycles. The van der Waals surface area contributed by atoms with Gasteiger partial charge in [0.1, 0.15) is 6.07 Å². The van der Waals surface area contributed by atoms with E-state index in [1.807, 2.05) is 12.1 Å². The van der Waals surface area contributed by atoms with Crippen LogP contribution in [0.1, 0.15) is 36.8 Å². The molecule has 1 spiro atoms. The first-order valence-electron chi connectivity index (χ1n) is 5.45. The first-order valence-corrected chi connectivity index (χ1v) is 5.45. The van der Waals surface area contributed by atoms with Gasteiger partial charge >= 0.3 is 0 Å². The molecular formula is C13H12N2. The molecule has 1 heterocycles. The maximum absolute atomic E-state index is 9.01. The summed E-state index contributed by atoms with van der Waals surface area (Å²) in [5, 5.41) is 9.01. The lowest BCUT2D eigenvalue weighted by Crippen LogP contribution is -2.20. The molecule has 0 saturated heterocycles. The highest BCUT2D eigenvalue weighted by Gasteiger charge is 2.39.